The van der Waals surface area contributed by atoms with Gasteiger partial charge in [-0.3, -0.25) is 4.99 Å². The van der Waals surface area contributed by atoms with Crippen LogP contribution in [0.2, 0.25) is 0 Å². The van der Waals surface area contributed by atoms with E-state index in [-0.39, 0.29) is 6.04 Å². The third kappa shape index (κ3) is 7.77. The zero-order valence-corrected chi connectivity index (χ0v) is 19.6. The van der Waals surface area contributed by atoms with Crippen molar-refractivity contribution in [3.8, 4) is 11.5 Å². The molecule has 0 radical (unpaired) electrons. The zero-order valence-electron chi connectivity index (χ0n) is 19.6. The highest BCUT2D eigenvalue weighted by atomic mass is 16.5. The van der Waals surface area contributed by atoms with Crippen LogP contribution in [-0.4, -0.2) is 66.0 Å². The number of rotatable bonds is 11. The van der Waals surface area contributed by atoms with Crippen LogP contribution in [0.1, 0.15) is 22.7 Å². The Morgan fingerprint density at radius 3 is 2.55 bits per heavy atom. The average molecular weight is 429 g/mol. The van der Waals surface area contributed by atoms with Gasteiger partial charge in [-0.25, -0.2) is 0 Å². The summed E-state index contributed by atoms with van der Waals surface area (Å²) >= 11 is 0. The lowest BCUT2D eigenvalue weighted by Crippen LogP contribution is -2.41. The number of benzene rings is 2. The minimum atomic E-state index is 0.168. The van der Waals surface area contributed by atoms with Gasteiger partial charge in [0, 0.05) is 32.8 Å². The average Bonchev–Trinajstić information content (AvgIpc) is 2.77. The van der Waals surface area contributed by atoms with E-state index >= 15 is 0 Å². The smallest absolute Gasteiger partial charge is 0.191 e. The Bertz CT molecular complexity index is 839. The van der Waals surface area contributed by atoms with Gasteiger partial charge in [0.15, 0.2) is 5.96 Å². The van der Waals surface area contributed by atoms with Gasteiger partial charge >= 0.3 is 0 Å². The molecule has 0 fully saturated rings. The molecule has 0 aliphatic carbocycles. The lowest BCUT2D eigenvalue weighted by molar-refractivity contribution is 0.145. The van der Waals surface area contributed by atoms with Crippen LogP contribution in [0.25, 0.3) is 0 Å². The van der Waals surface area contributed by atoms with E-state index in [2.05, 4.69) is 65.8 Å². The highest BCUT2D eigenvalue weighted by Gasteiger charge is 2.15. The number of hydrogen-bond acceptors (Lipinski definition) is 5. The summed E-state index contributed by atoms with van der Waals surface area (Å²) in [7, 11) is 9.27. The number of aryl methyl sites for hydroxylation is 1. The van der Waals surface area contributed by atoms with Gasteiger partial charge in [-0.05, 0) is 50.3 Å². The fraction of sp³-hybridized carbons (Fsp3) is 0.458. The minimum absolute atomic E-state index is 0.168. The van der Waals surface area contributed by atoms with Crippen molar-refractivity contribution in [2.45, 2.75) is 19.5 Å². The minimum Gasteiger partial charge on any atom is -0.497 e. The van der Waals surface area contributed by atoms with Crippen molar-refractivity contribution < 1.29 is 14.2 Å². The summed E-state index contributed by atoms with van der Waals surface area (Å²) in [5.41, 5.74) is 3.41. The third-order valence-corrected chi connectivity index (χ3v) is 5.00. The molecular formula is C24H36N4O3. The number of guanidine groups is 1. The van der Waals surface area contributed by atoms with Gasteiger partial charge in [-0.2, -0.15) is 0 Å². The largest absolute Gasteiger partial charge is 0.497 e. The fourth-order valence-electron chi connectivity index (χ4n) is 3.22. The van der Waals surface area contributed by atoms with Gasteiger partial charge in [0.1, 0.15) is 18.1 Å². The maximum absolute atomic E-state index is 5.89. The molecule has 2 rings (SSSR count). The monoisotopic (exact) mass is 428 g/mol. The summed E-state index contributed by atoms with van der Waals surface area (Å²) in [5, 5.41) is 6.82. The number of nitrogens with one attached hydrogen (secondary N) is 2. The summed E-state index contributed by atoms with van der Waals surface area (Å²) in [6.45, 7) is 4.44. The summed E-state index contributed by atoms with van der Waals surface area (Å²) in [6.07, 6.45) is 0. The zero-order chi connectivity index (χ0) is 22.6. The molecule has 170 valence electrons. The van der Waals surface area contributed by atoms with Crippen LogP contribution >= 0.6 is 0 Å². The van der Waals surface area contributed by atoms with Gasteiger partial charge in [0.25, 0.3) is 0 Å². The molecule has 0 aliphatic rings. The van der Waals surface area contributed by atoms with E-state index in [1.807, 2.05) is 18.2 Å². The van der Waals surface area contributed by atoms with Crippen molar-refractivity contribution >= 4 is 5.96 Å². The Kier molecular flexibility index (Phi) is 10.1. The van der Waals surface area contributed by atoms with E-state index in [1.54, 1.807) is 21.3 Å². The Labute approximate surface area is 186 Å². The van der Waals surface area contributed by atoms with Crippen LogP contribution in [-0.2, 0) is 11.3 Å². The van der Waals surface area contributed by atoms with E-state index in [0.29, 0.717) is 26.3 Å². The predicted molar refractivity (Wildman–Crippen MR) is 126 cm³/mol. The second-order valence-corrected chi connectivity index (χ2v) is 7.52. The van der Waals surface area contributed by atoms with Crippen molar-refractivity contribution in [1.82, 2.24) is 15.5 Å². The van der Waals surface area contributed by atoms with E-state index in [1.165, 1.54) is 5.56 Å². The van der Waals surface area contributed by atoms with Crippen LogP contribution in [0.3, 0.4) is 0 Å². The number of nitrogens with zero attached hydrogens (tertiary/aromatic N) is 2. The Hall–Kier alpha value is -2.77. The van der Waals surface area contributed by atoms with Crippen molar-refractivity contribution in [1.29, 1.82) is 0 Å². The highest BCUT2D eigenvalue weighted by Crippen LogP contribution is 2.22. The van der Waals surface area contributed by atoms with Gasteiger partial charge in [-0.1, -0.05) is 24.3 Å². The molecule has 0 amide bonds. The molecule has 2 aromatic rings. The van der Waals surface area contributed by atoms with Gasteiger partial charge in [0.2, 0.25) is 0 Å². The Balaban J connectivity index is 2.00. The van der Waals surface area contributed by atoms with Crippen molar-refractivity contribution in [2.24, 2.45) is 4.99 Å². The molecule has 2 N–H and O–H groups in total. The lowest BCUT2D eigenvalue weighted by atomic mass is 10.1. The Morgan fingerprint density at radius 1 is 1.06 bits per heavy atom. The van der Waals surface area contributed by atoms with E-state index in [9.17, 15) is 0 Å². The molecule has 7 heteroatoms. The molecular weight excluding hydrogens is 392 g/mol. The van der Waals surface area contributed by atoms with Crippen LogP contribution in [0.15, 0.2) is 47.5 Å². The quantitative estimate of drug-likeness (QED) is 0.326. The van der Waals surface area contributed by atoms with Crippen LogP contribution in [0.5, 0.6) is 11.5 Å². The van der Waals surface area contributed by atoms with E-state index < -0.39 is 0 Å². The number of ether oxygens (including phenoxy) is 3. The molecule has 7 nitrogen and oxygen atoms in total. The van der Waals surface area contributed by atoms with E-state index in [4.69, 9.17) is 14.2 Å². The molecule has 0 heterocycles. The van der Waals surface area contributed by atoms with Crippen LogP contribution in [0, 0.1) is 6.92 Å². The lowest BCUT2D eigenvalue weighted by Gasteiger charge is -2.26. The summed E-state index contributed by atoms with van der Waals surface area (Å²) < 4.78 is 16.4. The first-order valence-corrected chi connectivity index (χ1v) is 10.4. The van der Waals surface area contributed by atoms with Crippen molar-refractivity contribution in [3.05, 3.63) is 59.2 Å². The standard InChI is InChI=1S/C24H36N4O3/c1-18-10-11-20(23(14-18)31-13-12-29-5)16-26-24(25-2)27-17-22(28(3)4)19-8-7-9-21(15-19)30-6/h7-11,14-15,22H,12-13,16-17H2,1-6H3,(H2,25,26,27). The number of methoxy groups -OCH3 is 2. The van der Waals surface area contributed by atoms with Crippen molar-refractivity contribution in [2.75, 3.05) is 55.1 Å². The molecule has 1 atom stereocenters. The maximum atomic E-state index is 5.89. The number of hydrogen-bond donors (Lipinski definition) is 2. The number of aliphatic imine (C=N–C) groups is 1. The molecule has 31 heavy (non-hydrogen) atoms. The normalized spacial score (nSPS) is 12.5. The molecule has 0 bridgehead atoms. The first-order valence-electron chi connectivity index (χ1n) is 10.4. The van der Waals surface area contributed by atoms with Gasteiger partial charge in [0.05, 0.1) is 19.8 Å². The molecule has 0 spiro atoms. The predicted octanol–water partition coefficient (Wildman–Crippen LogP) is 3.00. The maximum Gasteiger partial charge on any atom is 0.191 e. The fourth-order valence-corrected chi connectivity index (χ4v) is 3.22. The molecule has 0 aromatic heterocycles. The molecule has 0 saturated heterocycles. The molecule has 1 unspecified atom stereocenters. The Morgan fingerprint density at radius 2 is 1.87 bits per heavy atom. The molecule has 0 saturated carbocycles. The molecule has 0 aliphatic heterocycles. The second-order valence-electron chi connectivity index (χ2n) is 7.52. The summed E-state index contributed by atoms with van der Waals surface area (Å²) in [5.74, 6) is 2.45. The first-order chi connectivity index (χ1) is 15.0. The van der Waals surface area contributed by atoms with E-state index in [0.717, 1.165) is 28.6 Å². The van der Waals surface area contributed by atoms with Gasteiger partial charge < -0.3 is 29.7 Å². The van der Waals surface area contributed by atoms with Gasteiger partial charge in [-0.15, -0.1) is 0 Å². The highest BCUT2D eigenvalue weighted by molar-refractivity contribution is 5.79. The SMILES string of the molecule is CN=C(NCc1ccc(C)cc1OCCOC)NCC(c1cccc(OC)c1)N(C)C. The topological polar surface area (TPSA) is 67.4 Å². The first kappa shape index (κ1) is 24.5. The second kappa shape index (κ2) is 12.8. The summed E-state index contributed by atoms with van der Waals surface area (Å²) in [6, 6.07) is 14.5. The third-order valence-electron chi connectivity index (χ3n) is 5.00. The number of likely N-dealkylation sites (N-methyl/N-ethyl adjacent to an activating group) is 1. The summed E-state index contributed by atoms with van der Waals surface area (Å²) in [4.78, 5) is 6.55. The van der Waals surface area contributed by atoms with Crippen LogP contribution in [0.4, 0.5) is 0 Å². The molecule has 2 aromatic carbocycles. The van der Waals surface area contributed by atoms with Crippen molar-refractivity contribution in [3.63, 3.8) is 0 Å². The van der Waals surface area contributed by atoms with Crippen LogP contribution < -0.4 is 20.1 Å².